The van der Waals surface area contributed by atoms with Crippen LogP contribution in [0.4, 0.5) is 0 Å². The van der Waals surface area contributed by atoms with Crippen LogP contribution in [-0.4, -0.2) is 24.3 Å². The molecule has 0 rings (SSSR count). The molecule has 4 heteroatoms. The van der Waals surface area contributed by atoms with E-state index < -0.39 is 5.97 Å². The van der Waals surface area contributed by atoms with Crippen molar-refractivity contribution in [3.63, 3.8) is 0 Å². The average Bonchev–Trinajstić information content (AvgIpc) is 2.25. The molecule has 0 aliphatic rings. The molecule has 0 spiro atoms. The Morgan fingerprint density at radius 3 is 2.06 bits per heavy atom. The van der Waals surface area contributed by atoms with Gasteiger partial charge < -0.3 is 5.11 Å². The van der Waals surface area contributed by atoms with E-state index in [2.05, 4.69) is 11.8 Å². The number of hydrogen-bond acceptors (Lipinski definition) is 3. The van der Waals surface area contributed by atoms with Crippen molar-refractivity contribution >= 4 is 5.97 Å². The van der Waals surface area contributed by atoms with Gasteiger partial charge in [-0.3, -0.25) is 0 Å². The van der Waals surface area contributed by atoms with Gasteiger partial charge in [-0.2, -0.15) is 0 Å². The van der Waals surface area contributed by atoms with E-state index >= 15 is 0 Å². The lowest BCUT2D eigenvalue weighted by Gasteiger charge is -2.02. The van der Waals surface area contributed by atoms with Gasteiger partial charge in [0.25, 0.3) is 0 Å². The van der Waals surface area contributed by atoms with Gasteiger partial charge in [-0.15, -0.1) is 0 Å². The summed E-state index contributed by atoms with van der Waals surface area (Å²) < 4.78 is 0. The lowest BCUT2D eigenvalue weighted by Crippen LogP contribution is -2.07. The topological polar surface area (TPSA) is 55.8 Å². The molecule has 16 heavy (non-hydrogen) atoms. The SMILES string of the molecule is CCCCCCCCCCOOCC(=O)O. The summed E-state index contributed by atoms with van der Waals surface area (Å²) in [5, 5.41) is 8.25. The second-order valence-electron chi connectivity index (χ2n) is 3.95. The summed E-state index contributed by atoms with van der Waals surface area (Å²) in [6, 6.07) is 0. The third kappa shape index (κ3) is 13.4. The second-order valence-corrected chi connectivity index (χ2v) is 3.95. The first kappa shape index (κ1) is 15.4. The molecule has 0 unspecified atom stereocenters. The molecule has 4 nitrogen and oxygen atoms in total. The Kier molecular flexibility index (Phi) is 12.0. The van der Waals surface area contributed by atoms with E-state index in [0.717, 1.165) is 12.8 Å². The highest BCUT2D eigenvalue weighted by atomic mass is 17.2. The van der Waals surface area contributed by atoms with Crippen LogP contribution in [-0.2, 0) is 14.6 Å². The van der Waals surface area contributed by atoms with E-state index in [9.17, 15) is 4.79 Å². The lowest BCUT2D eigenvalue weighted by atomic mass is 10.1. The van der Waals surface area contributed by atoms with Crippen LogP contribution in [0, 0.1) is 0 Å². The van der Waals surface area contributed by atoms with Gasteiger partial charge >= 0.3 is 5.97 Å². The van der Waals surface area contributed by atoms with E-state index in [0.29, 0.717) is 6.61 Å². The van der Waals surface area contributed by atoms with Crippen LogP contribution in [0.1, 0.15) is 58.3 Å². The molecule has 0 aromatic carbocycles. The maximum Gasteiger partial charge on any atom is 0.333 e. The molecule has 1 N–H and O–H groups in total. The number of carboxylic acid groups (broad SMARTS) is 1. The first-order valence-corrected chi connectivity index (χ1v) is 6.23. The molecule has 96 valence electrons. The number of rotatable bonds is 12. The molecular formula is C12H24O4. The maximum absolute atomic E-state index is 10.1. The fourth-order valence-corrected chi connectivity index (χ4v) is 1.45. The van der Waals surface area contributed by atoms with Gasteiger partial charge in [-0.25, -0.2) is 14.6 Å². The molecule has 0 saturated heterocycles. The first-order chi connectivity index (χ1) is 7.77. The molecule has 0 aliphatic heterocycles. The summed E-state index contributed by atoms with van der Waals surface area (Å²) in [5.74, 6) is -1.00. The van der Waals surface area contributed by atoms with E-state index in [1.54, 1.807) is 0 Å². The highest BCUT2D eigenvalue weighted by Crippen LogP contribution is 2.08. The summed E-state index contributed by atoms with van der Waals surface area (Å²) in [6.07, 6.45) is 9.87. The lowest BCUT2D eigenvalue weighted by molar-refractivity contribution is -0.292. The summed E-state index contributed by atoms with van der Waals surface area (Å²) in [6.45, 7) is 2.33. The predicted molar refractivity (Wildman–Crippen MR) is 62.1 cm³/mol. The van der Waals surface area contributed by atoms with Gasteiger partial charge in [0.15, 0.2) is 6.61 Å². The summed E-state index contributed by atoms with van der Waals surface area (Å²) in [4.78, 5) is 19.2. The smallest absolute Gasteiger partial charge is 0.333 e. The van der Waals surface area contributed by atoms with Crippen molar-refractivity contribution in [3.05, 3.63) is 0 Å². The minimum atomic E-state index is -1.00. The van der Waals surface area contributed by atoms with Crippen molar-refractivity contribution in [3.8, 4) is 0 Å². The Hall–Kier alpha value is -0.610. The predicted octanol–water partition coefficient (Wildman–Crippen LogP) is 3.16. The normalized spacial score (nSPS) is 10.6. The summed E-state index contributed by atoms with van der Waals surface area (Å²) in [7, 11) is 0. The van der Waals surface area contributed by atoms with Crippen LogP contribution in [0.2, 0.25) is 0 Å². The van der Waals surface area contributed by atoms with Gasteiger partial charge in [0.05, 0.1) is 6.61 Å². The van der Waals surface area contributed by atoms with E-state index in [-0.39, 0.29) is 6.61 Å². The summed E-state index contributed by atoms with van der Waals surface area (Å²) >= 11 is 0. The highest BCUT2D eigenvalue weighted by Gasteiger charge is 1.96. The van der Waals surface area contributed by atoms with Crippen LogP contribution in [0.5, 0.6) is 0 Å². The van der Waals surface area contributed by atoms with E-state index in [1.165, 1.54) is 38.5 Å². The standard InChI is InChI=1S/C12H24O4/c1-2-3-4-5-6-7-8-9-10-15-16-11-12(13)14/h2-11H2,1H3,(H,13,14). The van der Waals surface area contributed by atoms with Crippen molar-refractivity contribution in [2.45, 2.75) is 58.3 Å². The molecule has 0 aliphatic carbocycles. The van der Waals surface area contributed by atoms with Crippen molar-refractivity contribution in [2.24, 2.45) is 0 Å². The van der Waals surface area contributed by atoms with Crippen molar-refractivity contribution in [2.75, 3.05) is 13.2 Å². The van der Waals surface area contributed by atoms with E-state index in [1.807, 2.05) is 0 Å². The van der Waals surface area contributed by atoms with Crippen molar-refractivity contribution in [1.29, 1.82) is 0 Å². The monoisotopic (exact) mass is 232 g/mol. The third-order valence-corrected chi connectivity index (χ3v) is 2.35. The minimum Gasteiger partial charge on any atom is -0.479 e. The molecule has 0 aromatic rings. The zero-order valence-corrected chi connectivity index (χ0v) is 10.2. The van der Waals surface area contributed by atoms with Gasteiger partial charge in [-0.05, 0) is 6.42 Å². The number of hydrogen-bond donors (Lipinski definition) is 1. The Morgan fingerprint density at radius 1 is 0.938 bits per heavy atom. The molecule has 0 fully saturated rings. The van der Waals surface area contributed by atoms with Crippen LogP contribution < -0.4 is 0 Å². The Bertz CT molecular complexity index is 159. The molecular weight excluding hydrogens is 208 g/mol. The Balaban J connectivity index is 2.90. The third-order valence-electron chi connectivity index (χ3n) is 2.35. The fraction of sp³-hybridized carbons (Fsp3) is 0.917. The molecule has 0 radical (unpaired) electrons. The van der Waals surface area contributed by atoms with Gasteiger partial charge in [0, 0.05) is 0 Å². The first-order valence-electron chi connectivity index (χ1n) is 6.23. The van der Waals surface area contributed by atoms with Crippen LogP contribution in [0.25, 0.3) is 0 Å². The number of aliphatic carboxylic acids is 1. The zero-order chi connectivity index (χ0) is 12.1. The maximum atomic E-state index is 10.1. The molecule has 0 atom stereocenters. The summed E-state index contributed by atoms with van der Waals surface area (Å²) in [5.41, 5.74) is 0. The Labute approximate surface area is 97.9 Å². The van der Waals surface area contributed by atoms with Crippen molar-refractivity contribution < 1.29 is 19.7 Å². The molecule has 0 bridgehead atoms. The number of carbonyl (C=O) groups is 1. The fourth-order valence-electron chi connectivity index (χ4n) is 1.45. The average molecular weight is 232 g/mol. The van der Waals surface area contributed by atoms with Gasteiger partial charge in [0.2, 0.25) is 0 Å². The van der Waals surface area contributed by atoms with Gasteiger partial charge in [0.1, 0.15) is 0 Å². The van der Waals surface area contributed by atoms with Crippen LogP contribution in [0.3, 0.4) is 0 Å². The molecule has 0 heterocycles. The molecule has 0 saturated carbocycles. The van der Waals surface area contributed by atoms with Crippen LogP contribution in [0.15, 0.2) is 0 Å². The van der Waals surface area contributed by atoms with Gasteiger partial charge in [-0.1, -0.05) is 51.9 Å². The zero-order valence-electron chi connectivity index (χ0n) is 10.2. The Morgan fingerprint density at radius 2 is 1.50 bits per heavy atom. The second kappa shape index (κ2) is 12.5. The number of unbranched alkanes of at least 4 members (excludes halogenated alkanes) is 7. The highest BCUT2D eigenvalue weighted by molar-refractivity contribution is 5.67. The van der Waals surface area contributed by atoms with Crippen LogP contribution >= 0.6 is 0 Å². The van der Waals surface area contributed by atoms with Crippen molar-refractivity contribution in [1.82, 2.24) is 0 Å². The minimum absolute atomic E-state index is 0.378. The number of carboxylic acids is 1. The molecule has 0 amide bonds. The largest absolute Gasteiger partial charge is 0.479 e. The molecule has 0 aromatic heterocycles. The quantitative estimate of drug-likeness (QED) is 0.319. The van der Waals surface area contributed by atoms with E-state index in [4.69, 9.17) is 9.99 Å².